The Morgan fingerprint density at radius 3 is 2.07 bits per heavy atom. The second kappa shape index (κ2) is 9.01. The Hall–Kier alpha value is -2.31. The van der Waals surface area contributed by atoms with Crippen molar-refractivity contribution in [2.75, 3.05) is 26.2 Å². The Bertz CT molecular complexity index is 928. The van der Waals surface area contributed by atoms with Crippen molar-refractivity contribution in [3.63, 3.8) is 0 Å². The van der Waals surface area contributed by atoms with E-state index in [0.717, 1.165) is 6.07 Å². The van der Waals surface area contributed by atoms with Crippen LogP contribution in [0.2, 0.25) is 10.0 Å². The van der Waals surface area contributed by atoms with Gasteiger partial charge in [0.15, 0.2) is 0 Å². The Labute approximate surface area is 178 Å². The summed E-state index contributed by atoms with van der Waals surface area (Å²) in [5, 5.41) is 0.520. The predicted molar refractivity (Wildman–Crippen MR) is 110 cm³/mol. The maximum atomic E-state index is 13.2. The van der Waals surface area contributed by atoms with Gasteiger partial charge in [-0.15, -0.1) is 0 Å². The van der Waals surface area contributed by atoms with Gasteiger partial charge in [-0.2, -0.15) is 0 Å². The van der Waals surface area contributed by atoms with Crippen LogP contribution < -0.4 is 4.74 Å². The molecular weight excluding hydrogens is 418 g/mol. The molecule has 8 heteroatoms. The summed E-state index contributed by atoms with van der Waals surface area (Å²) >= 11 is 12.1. The summed E-state index contributed by atoms with van der Waals surface area (Å²) < 4.78 is 19.0. The van der Waals surface area contributed by atoms with Crippen molar-refractivity contribution in [2.24, 2.45) is 0 Å². The van der Waals surface area contributed by atoms with Crippen molar-refractivity contribution in [2.45, 2.75) is 20.0 Å². The van der Waals surface area contributed by atoms with Crippen LogP contribution in [0.1, 0.15) is 34.6 Å². The Balaban J connectivity index is 1.70. The molecule has 2 aromatic carbocycles. The van der Waals surface area contributed by atoms with Gasteiger partial charge in [-0.05, 0) is 50.2 Å². The Morgan fingerprint density at radius 2 is 1.52 bits per heavy atom. The van der Waals surface area contributed by atoms with Crippen molar-refractivity contribution in [3.05, 3.63) is 63.4 Å². The molecule has 0 aliphatic carbocycles. The van der Waals surface area contributed by atoms with Gasteiger partial charge < -0.3 is 14.5 Å². The Kier molecular flexibility index (Phi) is 6.65. The highest BCUT2D eigenvalue weighted by Gasteiger charge is 2.28. The minimum atomic E-state index is -0.497. The summed E-state index contributed by atoms with van der Waals surface area (Å²) in [6.45, 7) is 5.17. The van der Waals surface area contributed by atoms with Gasteiger partial charge in [-0.25, -0.2) is 4.39 Å². The topological polar surface area (TPSA) is 49.9 Å². The number of piperazine rings is 1. The second-order valence-electron chi connectivity index (χ2n) is 7.02. The number of ether oxygens (including phenoxy) is 1. The summed E-state index contributed by atoms with van der Waals surface area (Å²) in [7, 11) is 0. The molecule has 2 aromatic rings. The summed E-state index contributed by atoms with van der Waals surface area (Å²) in [5.41, 5.74) is 0.642. The molecule has 1 fully saturated rings. The van der Waals surface area contributed by atoms with Crippen molar-refractivity contribution < 1.29 is 18.7 Å². The highest BCUT2D eigenvalue weighted by atomic mass is 35.5. The molecule has 0 radical (unpaired) electrons. The van der Waals surface area contributed by atoms with Crippen LogP contribution in [-0.2, 0) is 0 Å². The van der Waals surface area contributed by atoms with Crippen LogP contribution in [0.3, 0.4) is 0 Å². The predicted octanol–water partition coefficient (Wildman–Crippen LogP) is 4.52. The van der Waals surface area contributed by atoms with E-state index in [1.807, 2.05) is 13.8 Å². The lowest BCUT2D eigenvalue weighted by Gasteiger charge is -2.35. The molecule has 0 unspecified atom stereocenters. The third kappa shape index (κ3) is 5.00. The van der Waals surface area contributed by atoms with Crippen LogP contribution in [-0.4, -0.2) is 53.9 Å². The van der Waals surface area contributed by atoms with Gasteiger partial charge >= 0.3 is 0 Å². The summed E-state index contributed by atoms with van der Waals surface area (Å²) in [6, 6.07) is 8.65. The van der Waals surface area contributed by atoms with Gasteiger partial charge in [0.05, 0.1) is 22.3 Å². The number of hydrogen-bond donors (Lipinski definition) is 0. The van der Waals surface area contributed by atoms with E-state index in [0.29, 0.717) is 42.5 Å². The number of benzene rings is 2. The fourth-order valence-electron chi connectivity index (χ4n) is 3.14. The zero-order valence-corrected chi connectivity index (χ0v) is 17.6. The van der Waals surface area contributed by atoms with Gasteiger partial charge in [0, 0.05) is 31.2 Å². The molecule has 3 rings (SSSR count). The zero-order valence-electron chi connectivity index (χ0n) is 16.1. The van der Waals surface area contributed by atoms with Crippen LogP contribution in [0.15, 0.2) is 36.4 Å². The SMILES string of the molecule is CC(C)Oc1ccc(Cl)cc1C(=O)N1CCN(C(=O)c2ccc(F)cc2Cl)CC1. The lowest BCUT2D eigenvalue weighted by Crippen LogP contribution is -2.50. The first kappa shape index (κ1) is 21.4. The van der Waals surface area contributed by atoms with Crippen LogP contribution in [0, 0.1) is 5.82 Å². The van der Waals surface area contributed by atoms with E-state index in [1.54, 1.807) is 28.0 Å². The zero-order chi connectivity index (χ0) is 21.1. The number of hydrogen-bond acceptors (Lipinski definition) is 3. The molecule has 1 aliphatic rings. The number of carbonyl (C=O) groups is 2. The molecule has 1 heterocycles. The van der Waals surface area contributed by atoms with Crippen molar-refractivity contribution >= 4 is 35.0 Å². The minimum absolute atomic E-state index is 0.0721. The summed E-state index contributed by atoms with van der Waals surface area (Å²) in [4.78, 5) is 29.0. The molecule has 0 saturated carbocycles. The first-order chi connectivity index (χ1) is 13.8. The van der Waals surface area contributed by atoms with E-state index in [4.69, 9.17) is 27.9 Å². The molecule has 154 valence electrons. The van der Waals surface area contributed by atoms with Crippen LogP contribution in [0.25, 0.3) is 0 Å². The fraction of sp³-hybridized carbons (Fsp3) is 0.333. The van der Waals surface area contributed by atoms with E-state index in [9.17, 15) is 14.0 Å². The lowest BCUT2D eigenvalue weighted by molar-refractivity contribution is 0.0532. The minimum Gasteiger partial charge on any atom is -0.490 e. The quantitative estimate of drug-likeness (QED) is 0.704. The summed E-state index contributed by atoms with van der Waals surface area (Å²) in [6.07, 6.45) is -0.0855. The molecular formula is C21H21Cl2FN2O3. The average Bonchev–Trinajstić information content (AvgIpc) is 2.68. The molecule has 1 aliphatic heterocycles. The molecule has 0 spiro atoms. The first-order valence-corrected chi connectivity index (χ1v) is 10.0. The second-order valence-corrected chi connectivity index (χ2v) is 7.86. The number of halogens is 3. The van der Waals surface area contributed by atoms with E-state index < -0.39 is 5.82 Å². The van der Waals surface area contributed by atoms with Gasteiger partial charge in [0.1, 0.15) is 11.6 Å². The number of amides is 2. The number of carbonyl (C=O) groups excluding carboxylic acids is 2. The van der Waals surface area contributed by atoms with E-state index in [-0.39, 0.29) is 28.5 Å². The van der Waals surface area contributed by atoms with E-state index in [1.165, 1.54) is 12.1 Å². The number of rotatable bonds is 4. The maximum absolute atomic E-state index is 13.2. The van der Waals surface area contributed by atoms with Crippen LogP contribution in [0.4, 0.5) is 4.39 Å². The Morgan fingerprint density at radius 1 is 0.931 bits per heavy atom. The van der Waals surface area contributed by atoms with Gasteiger partial charge in [0.25, 0.3) is 11.8 Å². The highest BCUT2D eigenvalue weighted by Crippen LogP contribution is 2.26. The van der Waals surface area contributed by atoms with E-state index >= 15 is 0 Å². The lowest BCUT2D eigenvalue weighted by atomic mass is 10.1. The third-order valence-corrected chi connectivity index (χ3v) is 5.10. The monoisotopic (exact) mass is 438 g/mol. The van der Waals surface area contributed by atoms with Crippen molar-refractivity contribution in [3.8, 4) is 5.75 Å². The largest absolute Gasteiger partial charge is 0.490 e. The van der Waals surface area contributed by atoms with Gasteiger partial charge in [-0.1, -0.05) is 23.2 Å². The molecule has 1 saturated heterocycles. The van der Waals surface area contributed by atoms with E-state index in [2.05, 4.69) is 0 Å². The van der Waals surface area contributed by atoms with Crippen molar-refractivity contribution in [1.82, 2.24) is 9.80 Å². The van der Waals surface area contributed by atoms with Gasteiger partial charge in [0.2, 0.25) is 0 Å². The van der Waals surface area contributed by atoms with Crippen LogP contribution in [0.5, 0.6) is 5.75 Å². The normalized spacial score (nSPS) is 14.3. The molecule has 0 aromatic heterocycles. The van der Waals surface area contributed by atoms with Gasteiger partial charge in [-0.3, -0.25) is 9.59 Å². The van der Waals surface area contributed by atoms with Crippen molar-refractivity contribution in [1.29, 1.82) is 0 Å². The molecule has 0 atom stereocenters. The first-order valence-electron chi connectivity index (χ1n) is 9.26. The van der Waals surface area contributed by atoms with Crippen LogP contribution >= 0.6 is 23.2 Å². The third-order valence-electron chi connectivity index (χ3n) is 4.55. The molecule has 29 heavy (non-hydrogen) atoms. The maximum Gasteiger partial charge on any atom is 0.257 e. The summed E-state index contributed by atoms with van der Waals surface area (Å²) in [5.74, 6) is -0.502. The highest BCUT2D eigenvalue weighted by molar-refractivity contribution is 6.33. The average molecular weight is 439 g/mol. The standard InChI is InChI=1S/C21H21Cl2FN2O3/c1-13(2)29-19-6-3-14(22)11-17(19)21(28)26-9-7-25(8-10-26)20(27)16-5-4-15(24)12-18(16)23/h3-6,11-13H,7-10H2,1-2H3. The molecule has 0 N–H and O–H groups in total. The smallest absolute Gasteiger partial charge is 0.257 e. The molecule has 0 bridgehead atoms. The fourth-order valence-corrected chi connectivity index (χ4v) is 3.56. The molecule has 5 nitrogen and oxygen atoms in total. The number of nitrogens with zero attached hydrogens (tertiary/aromatic N) is 2. The molecule has 2 amide bonds.